The fourth-order valence-electron chi connectivity index (χ4n) is 1.43. The summed E-state index contributed by atoms with van der Waals surface area (Å²) in [5, 5.41) is 8.96. The quantitative estimate of drug-likeness (QED) is 0.762. The van der Waals surface area contributed by atoms with Gasteiger partial charge < -0.3 is 14.7 Å². The first-order valence-electron chi connectivity index (χ1n) is 5.55. The molecule has 0 unspecified atom stereocenters. The van der Waals surface area contributed by atoms with Gasteiger partial charge in [-0.2, -0.15) is 0 Å². The summed E-state index contributed by atoms with van der Waals surface area (Å²) in [4.78, 5) is 17.1. The molecule has 1 rings (SSSR count). The van der Waals surface area contributed by atoms with Crippen molar-refractivity contribution in [2.75, 3.05) is 31.7 Å². The van der Waals surface area contributed by atoms with Gasteiger partial charge in [0.1, 0.15) is 5.82 Å². The molecule has 1 aromatic heterocycles. The maximum Gasteiger partial charge on any atom is 0.335 e. The molecule has 0 aliphatic heterocycles. The van der Waals surface area contributed by atoms with Crippen molar-refractivity contribution in [2.45, 2.75) is 13.8 Å². The molecule has 5 nitrogen and oxygen atoms in total. The Bertz CT molecular complexity index is 393. The number of hydrogen-bond donors (Lipinski definition) is 1. The largest absolute Gasteiger partial charge is 0.478 e. The molecule has 17 heavy (non-hydrogen) atoms. The van der Waals surface area contributed by atoms with Crippen molar-refractivity contribution in [1.29, 1.82) is 0 Å². The number of aromatic nitrogens is 1. The van der Waals surface area contributed by atoms with Crippen molar-refractivity contribution in [3.8, 4) is 0 Å². The molecule has 0 atom stereocenters. The number of hydrogen-bond acceptors (Lipinski definition) is 4. The zero-order chi connectivity index (χ0) is 12.8. The number of rotatable bonds is 6. The molecule has 0 radical (unpaired) electrons. The summed E-state index contributed by atoms with van der Waals surface area (Å²) in [5.41, 5.74) is 0.957. The molecular formula is C12H18N2O3. The third-order valence-corrected chi connectivity index (χ3v) is 2.35. The van der Waals surface area contributed by atoms with E-state index in [-0.39, 0.29) is 5.56 Å². The highest BCUT2D eigenvalue weighted by atomic mass is 16.5. The summed E-state index contributed by atoms with van der Waals surface area (Å²) in [5.74, 6) is -0.280. The third-order valence-electron chi connectivity index (χ3n) is 2.35. The lowest BCUT2D eigenvalue weighted by molar-refractivity contribution is 0.0696. The summed E-state index contributed by atoms with van der Waals surface area (Å²) >= 11 is 0. The molecule has 0 fully saturated rings. The molecule has 1 aromatic rings. The lowest BCUT2D eigenvalue weighted by Gasteiger charge is -2.18. The lowest BCUT2D eigenvalue weighted by Crippen LogP contribution is -2.24. The maximum absolute atomic E-state index is 10.9. The molecule has 0 amide bonds. The van der Waals surface area contributed by atoms with Gasteiger partial charge in [0.2, 0.25) is 0 Å². The van der Waals surface area contributed by atoms with Gasteiger partial charge in [-0.25, -0.2) is 9.78 Å². The van der Waals surface area contributed by atoms with Gasteiger partial charge in [-0.1, -0.05) is 0 Å². The fraction of sp³-hybridized carbons (Fsp3) is 0.500. The third kappa shape index (κ3) is 4.03. The van der Waals surface area contributed by atoms with Crippen LogP contribution in [0.3, 0.4) is 0 Å². The van der Waals surface area contributed by atoms with Crippen LogP contribution in [0.1, 0.15) is 23.0 Å². The number of likely N-dealkylation sites (N-methyl/N-ethyl adjacent to an activating group) is 1. The SMILES string of the molecule is CCOCCN(C)c1cc(C(=O)O)cc(C)n1. The highest BCUT2D eigenvalue weighted by molar-refractivity contribution is 5.88. The van der Waals surface area contributed by atoms with Crippen molar-refractivity contribution in [2.24, 2.45) is 0 Å². The van der Waals surface area contributed by atoms with Crippen LogP contribution in [0, 0.1) is 6.92 Å². The van der Waals surface area contributed by atoms with Crippen LogP contribution in [0.2, 0.25) is 0 Å². The van der Waals surface area contributed by atoms with Crippen LogP contribution < -0.4 is 4.90 Å². The Balaban J connectivity index is 2.78. The minimum absolute atomic E-state index is 0.260. The molecular weight excluding hydrogens is 220 g/mol. The van der Waals surface area contributed by atoms with Crippen LogP contribution in [-0.2, 0) is 4.74 Å². The normalized spacial score (nSPS) is 10.3. The van der Waals surface area contributed by atoms with E-state index >= 15 is 0 Å². The van der Waals surface area contributed by atoms with E-state index in [4.69, 9.17) is 9.84 Å². The summed E-state index contributed by atoms with van der Waals surface area (Å²) in [6.07, 6.45) is 0. The Hall–Kier alpha value is -1.62. The van der Waals surface area contributed by atoms with Crippen molar-refractivity contribution in [3.63, 3.8) is 0 Å². The van der Waals surface area contributed by atoms with Crippen molar-refractivity contribution in [1.82, 2.24) is 4.98 Å². The lowest BCUT2D eigenvalue weighted by atomic mass is 10.2. The second-order valence-electron chi connectivity index (χ2n) is 3.78. The number of ether oxygens (including phenoxy) is 1. The Morgan fingerprint density at radius 2 is 2.24 bits per heavy atom. The van der Waals surface area contributed by atoms with E-state index in [1.807, 2.05) is 18.9 Å². The van der Waals surface area contributed by atoms with E-state index in [9.17, 15) is 4.79 Å². The van der Waals surface area contributed by atoms with E-state index in [1.54, 1.807) is 19.1 Å². The first kappa shape index (κ1) is 13.4. The van der Waals surface area contributed by atoms with Crippen LogP contribution in [0.25, 0.3) is 0 Å². The van der Waals surface area contributed by atoms with Crippen LogP contribution >= 0.6 is 0 Å². The second-order valence-corrected chi connectivity index (χ2v) is 3.78. The molecule has 0 aromatic carbocycles. The average Bonchev–Trinajstić information content (AvgIpc) is 2.28. The first-order valence-corrected chi connectivity index (χ1v) is 5.55. The number of aromatic carboxylic acids is 1. The highest BCUT2D eigenvalue weighted by Crippen LogP contribution is 2.13. The monoisotopic (exact) mass is 238 g/mol. The molecule has 0 saturated heterocycles. The highest BCUT2D eigenvalue weighted by Gasteiger charge is 2.09. The fourth-order valence-corrected chi connectivity index (χ4v) is 1.43. The van der Waals surface area contributed by atoms with Crippen molar-refractivity contribution >= 4 is 11.8 Å². The zero-order valence-corrected chi connectivity index (χ0v) is 10.4. The topological polar surface area (TPSA) is 62.7 Å². The average molecular weight is 238 g/mol. The molecule has 0 bridgehead atoms. The summed E-state index contributed by atoms with van der Waals surface area (Å²) < 4.78 is 5.25. The number of carboxylic acid groups (broad SMARTS) is 1. The van der Waals surface area contributed by atoms with E-state index in [1.165, 1.54) is 0 Å². The van der Waals surface area contributed by atoms with E-state index in [2.05, 4.69) is 4.98 Å². The Kier molecular flexibility index (Phi) is 4.90. The van der Waals surface area contributed by atoms with Crippen LogP contribution in [0.5, 0.6) is 0 Å². The van der Waals surface area contributed by atoms with Gasteiger partial charge in [0.05, 0.1) is 12.2 Å². The number of anilines is 1. The molecule has 0 spiro atoms. The molecule has 1 heterocycles. The number of pyridine rings is 1. The number of aryl methyl sites for hydroxylation is 1. The number of carboxylic acids is 1. The maximum atomic E-state index is 10.9. The Labute approximate surface area is 101 Å². The van der Waals surface area contributed by atoms with Crippen LogP contribution in [0.15, 0.2) is 12.1 Å². The number of nitrogens with zero attached hydrogens (tertiary/aromatic N) is 2. The molecule has 0 aliphatic carbocycles. The van der Waals surface area contributed by atoms with Gasteiger partial charge in [0.25, 0.3) is 0 Å². The van der Waals surface area contributed by atoms with E-state index < -0.39 is 5.97 Å². The molecule has 0 aliphatic rings. The van der Waals surface area contributed by atoms with E-state index in [0.717, 1.165) is 0 Å². The predicted molar refractivity (Wildman–Crippen MR) is 65.7 cm³/mol. The second kappa shape index (κ2) is 6.20. The minimum Gasteiger partial charge on any atom is -0.478 e. The van der Waals surface area contributed by atoms with Gasteiger partial charge >= 0.3 is 5.97 Å². The Morgan fingerprint density at radius 3 is 2.82 bits per heavy atom. The Morgan fingerprint density at radius 1 is 1.53 bits per heavy atom. The van der Waals surface area contributed by atoms with Crippen molar-refractivity contribution < 1.29 is 14.6 Å². The zero-order valence-electron chi connectivity index (χ0n) is 10.4. The van der Waals surface area contributed by atoms with Gasteiger partial charge in [-0.05, 0) is 26.0 Å². The minimum atomic E-state index is -0.935. The smallest absolute Gasteiger partial charge is 0.335 e. The van der Waals surface area contributed by atoms with Crippen LogP contribution in [0.4, 0.5) is 5.82 Å². The van der Waals surface area contributed by atoms with Gasteiger partial charge in [0, 0.05) is 25.9 Å². The predicted octanol–water partition coefficient (Wildman–Crippen LogP) is 1.56. The van der Waals surface area contributed by atoms with Gasteiger partial charge in [0.15, 0.2) is 0 Å². The molecule has 1 N–H and O–H groups in total. The van der Waals surface area contributed by atoms with Gasteiger partial charge in [-0.3, -0.25) is 0 Å². The van der Waals surface area contributed by atoms with Crippen LogP contribution in [-0.4, -0.2) is 42.9 Å². The number of carbonyl (C=O) groups is 1. The van der Waals surface area contributed by atoms with E-state index in [0.29, 0.717) is 31.3 Å². The summed E-state index contributed by atoms with van der Waals surface area (Å²) in [6, 6.07) is 3.13. The molecule has 94 valence electrons. The molecule has 0 saturated carbocycles. The molecule has 5 heteroatoms. The van der Waals surface area contributed by atoms with Gasteiger partial charge in [-0.15, -0.1) is 0 Å². The van der Waals surface area contributed by atoms with Crippen molar-refractivity contribution in [3.05, 3.63) is 23.4 Å². The summed E-state index contributed by atoms with van der Waals surface area (Å²) in [6.45, 7) is 5.68. The summed E-state index contributed by atoms with van der Waals surface area (Å²) in [7, 11) is 1.87. The standard InChI is InChI=1S/C12H18N2O3/c1-4-17-6-5-14(3)11-8-10(12(15)16)7-9(2)13-11/h7-8H,4-6H2,1-3H3,(H,15,16). The first-order chi connectivity index (χ1) is 8.04.